The van der Waals surface area contributed by atoms with Crippen molar-refractivity contribution in [3.63, 3.8) is 0 Å². The van der Waals surface area contributed by atoms with Crippen LogP contribution in [-0.2, 0) is 10.2 Å². The molecule has 0 aromatic heterocycles. The summed E-state index contributed by atoms with van der Waals surface area (Å²) in [5.41, 5.74) is 1.91. The minimum absolute atomic E-state index is 0.0111. The smallest absolute Gasteiger partial charge is 0.254 e. The number of likely N-dealkylation sites (N-methyl/N-ethyl adjacent to an activating group) is 1. The molecule has 1 saturated carbocycles. The zero-order chi connectivity index (χ0) is 19.1. The summed E-state index contributed by atoms with van der Waals surface area (Å²) in [6.45, 7) is 0.696. The molecular formula is C23H28N2O2. The fraction of sp³-hybridized carbons (Fsp3) is 0.391. The number of nitrogens with one attached hydrogen (secondary N) is 1. The third-order valence-corrected chi connectivity index (χ3v) is 5.57. The topological polar surface area (TPSA) is 49.4 Å². The van der Waals surface area contributed by atoms with Gasteiger partial charge in [-0.1, -0.05) is 67.8 Å². The van der Waals surface area contributed by atoms with Crippen molar-refractivity contribution in [1.82, 2.24) is 10.2 Å². The first-order chi connectivity index (χ1) is 13.1. The third-order valence-electron chi connectivity index (χ3n) is 5.57. The molecular weight excluding hydrogens is 336 g/mol. The quantitative estimate of drug-likeness (QED) is 0.848. The molecule has 1 aliphatic rings. The van der Waals surface area contributed by atoms with Crippen LogP contribution in [0.1, 0.15) is 48.0 Å². The molecule has 2 aromatic carbocycles. The van der Waals surface area contributed by atoms with Crippen molar-refractivity contribution in [3.8, 4) is 0 Å². The first-order valence-electron chi connectivity index (χ1n) is 9.73. The zero-order valence-corrected chi connectivity index (χ0v) is 16.0. The number of hydrogen-bond acceptors (Lipinski definition) is 2. The number of benzene rings is 2. The Kier molecular flexibility index (Phi) is 6.28. The monoisotopic (exact) mass is 364 g/mol. The summed E-state index contributed by atoms with van der Waals surface area (Å²) in [4.78, 5) is 26.4. The van der Waals surface area contributed by atoms with Crippen LogP contribution in [0, 0.1) is 0 Å². The maximum absolute atomic E-state index is 12.5. The van der Waals surface area contributed by atoms with Crippen LogP contribution in [0.4, 0.5) is 0 Å². The Morgan fingerprint density at radius 3 is 2.15 bits per heavy atom. The highest BCUT2D eigenvalue weighted by molar-refractivity contribution is 5.96. The van der Waals surface area contributed by atoms with Crippen molar-refractivity contribution in [2.45, 2.75) is 37.5 Å². The van der Waals surface area contributed by atoms with Crippen molar-refractivity contribution in [1.29, 1.82) is 0 Å². The summed E-state index contributed by atoms with van der Waals surface area (Å²) in [5, 5.41) is 3.10. The Labute approximate surface area is 161 Å². The van der Waals surface area contributed by atoms with E-state index in [1.54, 1.807) is 19.2 Å². The van der Waals surface area contributed by atoms with Gasteiger partial charge in [-0.2, -0.15) is 0 Å². The van der Waals surface area contributed by atoms with Crippen LogP contribution in [0.3, 0.4) is 0 Å². The van der Waals surface area contributed by atoms with Gasteiger partial charge in [-0.3, -0.25) is 9.59 Å². The first-order valence-corrected chi connectivity index (χ1v) is 9.73. The van der Waals surface area contributed by atoms with Gasteiger partial charge in [-0.15, -0.1) is 0 Å². The van der Waals surface area contributed by atoms with Crippen molar-refractivity contribution < 1.29 is 9.59 Å². The van der Waals surface area contributed by atoms with Crippen molar-refractivity contribution in [2.24, 2.45) is 0 Å². The number of amides is 2. The largest absolute Gasteiger partial charge is 0.354 e. The lowest BCUT2D eigenvalue weighted by Crippen LogP contribution is -2.45. The number of rotatable bonds is 6. The molecule has 27 heavy (non-hydrogen) atoms. The number of carbonyl (C=O) groups excluding carboxylic acids is 2. The van der Waals surface area contributed by atoms with Crippen LogP contribution in [0.2, 0.25) is 0 Å². The number of nitrogens with zero attached hydrogens (tertiary/aromatic N) is 1. The van der Waals surface area contributed by atoms with Crippen molar-refractivity contribution >= 4 is 11.8 Å². The van der Waals surface area contributed by atoms with Gasteiger partial charge in [-0.05, 0) is 30.5 Å². The minimum Gasteiger partial charge on any atom is -0.354 e. The normalized spacial score (nSPS) is 15.7. The van der Waals surface area contributed by atoms with Crippen LogP contribution in [0.15, 0.2) is 60.7 Å². The molecule has 3 rings (SSSR count). The number of hydrogen-bond donors (Lipinski definition) is 1. The van der Waals surface area contributed by atoms with Crippen molar-refractivity contribution in [3.05, 3.63) is 71.8 Å². The SMILES string of the molecule is CN(CC(=O)NCC1(c2ccccc2)CCCCC1)C(=O)c1ccccc1. The molecule has 0 saturated heterocycles. The van der Waals surface area contributed by atoms with E-state index < -0.39 is 0 Å². The molecule has 1 fully saturated rings. The molecule has 4 heteroatoms. The summed E-state index contributed by atoms with van der Waals surface area (Å²) in [7, 11) is 1.67. The standard InChI is InChI=1S/C23H28N2O2/c1-25(22(27)19-11-5-2-6-12-19)17-21(26)24-18-23(15-9-4-10-16-23)20-13-7-3-8-14-20/h2-3,5-8,11-14H,4,9-10,15-18H2,1H3,(H,24,26). The first kappa shape index (κ1) is 19.2. The van der Waals surface area contributed by atoms with Gasteiger partial charge in [0.05, 0.1) is 6.54 Å². The fourth-order valence-electron chi connectivity index (χ4n) is 4.00. The lowest BCUT2D eigenvalue weighted by Gasteiger charge is -2.38. The van der Waals surface area contributed by atoms with Crippen LogP contribution in [0.25, 0.3) is 0 Å². The Morgan fingerprint density at radius 2 is 1.52 bits per heavy atom. The van der Waals surface area contributed by atoms with Crippen LogP contribution >= 0.6 is 0 Å². The Balaban J connectivity index is 1.60. The van der Waals surface area contributed by atoms with E-state index in [9.17, 15) is 9.59 Å². The van der Waals surface area contributed by atoms with E-state index in [0.29, 0.717) is 12.1 Å². The summed E-state index contributed by atoms with van der Waals surface area (Å²) < 4.78 is 0. The molecule has 0 heterocycles. The fourth-order valence-corrected chi connectivity index (χ4v) is 4.00. The van der Waals surface area contributed by atoms with Gasteiger partial charge in [0.15, 0.2) is 0 Å². The molecule has 2 amide bonds. The minimum atomic E-state index is -0.138. The van der Waals surface area contributed by atoms with E-state index in [2.05, 4.69) is 29.6 Å². The second-order valence-corrected chi connectivity index (χ2v) is 7.51. The Morgan fingerprint density at radius 1 is 0.926 bits per heavy atom. The van der Waals surface area contributed by atoms with E-state index in [0.717, 1.165) is 12.8 Å². The van der Waals surface area contributed by atoms with E-state index in [4.69, 9.17) is 0 Å². The Hall–Kier alpha value is -2.62. The highest BCUT2D eigenvalue weighted by Gasteiger charge is 2.34. The second kappa shape index (κ2) is 8.85. The van der Waals surface area contributed by atoms with Gasteiger partial charge < -0.3 is 10.2 Å². The molecule has 142 valence electrons. The third kappa shape index (κ3) is 4.76. The summed E-state index contributed by atoms with van der Waals surface area (Å²) >= 11 is 0. The van der Waals surface area contributed by atoms with Gasteiger partial charge in [0.2, 0.25) is 5.91 Å². The van der Waals surface area contributed by atoms with Gasteiger partial charge in [0.25, 0.3) is 5.91 Å². The van der Waals surface area contributed by atoms with Crippen LogP contribution in [0.5, 0.6) is 0 Å². The zero-order valence-electron chi connectivity index (χ0n) is 16.0. The highest BCUT2D eigenvalue weighted by atomic mass is 16.2. The van der Waals surface area contributed by atoms with Crippen molar-refractivity contribution in [2.75, 3.05) is 20.1 Å². The van der Waals surface area contributed by atoms with E-state index in [1.807, 2.05) is 24.3 Å². The summed E-state index contributed by atoms with van der Waals surface area (Å²) in [6, 6.07) is 19.6. The lowest BCUT2D eigenvalue weighted by atomic mass is 9.69. The number of carbonyl (C=O) groups is 2. The molecule has 0 unspecified atom stereocenters. The molecule has 1 aliphatic carbocycles. The molecule has 1 N–H and O–H groups in total. The Bertz CT molecular complexity index is 752. The lowest BCUT2D eigenvalue weighted by molar-refractivity contribution is -0.121. The molecule has 0 spiro atoms. The summed E-state index contributed by atoms with van der Waals surface area (Å²) in [6.07, 6.45) is 5.83. The molecule has 2 aromatic rings. The summed E-state index contributed by atoms with van der Waals surface area (Å²) in [5.74, 6) is -0.246. The molecule has 0 aliphatic heterocycles. The highest BCUT2D eigenvalue weighted by Crippen LogP contribution is 2.38. The van der Waals surface area contributed by atoms with E-state index >= 15 is 0 Å². The van der Waals surface area contributed by atoms with Gasteiger partial charge in [0.1, 0.15) is 0 Å². The van der Waals surface area contributed by atoms with Gasteiger partial charge in [0, 0.05) is 24.6 Å². The van der Waals surface area contributed by atoms with Gasteiger partial charge >= 0.3 is 0 Å². The molecule has 0 atom stereocenters. The van der Waals surface area contributed by atoms with Crippen LogP contribution < -0.4 is 5.32 Å². The van der Waals surface area contributed by atoms with E-state index in [1.165, 1.54) is 29.7 Å². The van der Waals surface area contributed by atoms with Gasteiger partial charge in [-0.25, -0.2) is 0 Å². The predicted molar refractivity (Wildman–Crippen MR) is 108 cm³/mol. The van der Waals surface area contributed by atoms with Crippen LogP contribution in [-0.4, -0.2) is 36.9 Å². The van der Waals surface area contributed by atoms with E-state index in [-0.39, 0.29) is 23.8 Å². The maximum atomic E-state index is 12.5. The molecule has 4 nitrogen and oxygen atoms in total. The average Bonchev–Trinajstić information content (AvgIpc) is 2.73. The molecule has 0 bridgehead atoms. The maximum Gasteiger partial charge on any atom is 0.254 e. The average molecular weight is 364 g/mol. The molecule has 0 radical (unpaired) electrons. The predicted octanol–water partition coefficient (Wildman–Crippen LogP) is 3.78. The second-order valence-electron chi connectivity index (χ2n) is 7.51.